The zero-order chi connectivity index (χ0) is 11.6. The summed E-state index contributed by atoms with van der Waals surface area (Å²) in [6.07, 6.45) is 1.48. The Labute approximate surface area is 90.0 Å². The van der Waals surface area contributed by atoms with E-state index in [1.165, 1.54) is 0 Å². The van der Waals surface area contributed by atoms with Gasteiger partial charge in [0, 0.05) is 6.54 Å². The monoisotopic (exact) mass is 213 g/mol. The number of carbonyl (C=O) groups is 2. The van der Waals surface area contributed by atoms with Crippen LogP contribution in [0.5, 0.6) is 0 Å². The summed E-state index contributed by atoms with van der Waals surface area (Å²) in [7, 11) is 0. The lowest BCUT2D eigenvalue weighted by atomic mass is 9.90. The van der Waals surface area contributed by atoms with Crippen molar-refractivity contribution in [2.75, 3.05) is 6.54 Å². The molecule has 0 aromatic carbocycles. The van der Waals surface area contributed by atoms with Crippen molar-refractivity contribution in [3.63, 3.8) is 0 Å². The van der Waals surface area contributed by atoms with Gasteiger partial charge in [-0.1, -0.05) is 20.8 Å². The Balaban J connectivity index is 2.30. The van der Waals surface area contributed by atoms with Gasteiger partial charge in [-0.25, -0.2) is 0 Å². The molecule has 2 unspecified atom stereocenters. The van der Waals surface area contributed by atoms with Gasteiger partial charge in [0.05, 0.1) is 11.8 Å². The number of carboxylic acid groups (broad SMARTS) is 1. The Morgan fingerprint density at radius 1 is 1.40 bits per heavy atom. The van der Waals surface area contributed by atoms with Gasteiger partial charge in [-0.2, -0.15) is 0 Å². The third-order valence-electron chi connectivity index (χ3n) is 3.14. The molecule has 1 saturated carbocycles. The van der Waals surface area contributed by atoms with Crippen LogP contribution in [0.2, 0.25) is 0 Å². The molecule has 0 aromatic heterocycles. The van der Waals surface area contributed by atoms with E-state index in [0.717, 1.165) is 6.42 Å². The largest absolute Gasteiger partial charge is 0.481 e. The molecule has 4 nitrogen and oxygen atoms in total. The molecule has 1 aliphatic carbocycles. The summed E-state index contributed by atoms with van der Waals surface area (Å²) in [5.74, 6) is -1.71. The summed E-state index contributed by atoms with van der Waals surface area (Å²) in [5.41, 5.74) is 0.0866. The van der Waals surface area contributed by atoms with Crippen LogP contribution < -0.4 is 5.32 Å². The smallest absolute Gasteiger partial charge is 0.307 e. The van der Waals surface area contributed by atoms with E-state index in [1.807, 2.05) is 0 Å². The van der Waals surface area contributed by atoms with E-state index in [4.69, 9.17) is 5.11 Å². The van der Waals surface area contributed by atoms with Gasteiger partial charge in [-0.3, -0.25) is 9.59 Å². The molecule has 0 aliphatic heterocycles. The third-order valence-corrected chi connectivity index (χ3v) is 3.14. The van der Waals surface area contributed by atoms with Crippen molar-refractivity contribution in [2.24, 2.45) is 17.3 Å². The first-order chi connectivity index (χ1) is 6.87. The van der Waals surface area contributed by atoms with E-state index in [0.29, 0.717) is 13.0 Å². The van der Waals surface area contributed by atoms with Gasteiger partial charge in [0.15, 0.2) is 0 Å². The zero-order valence-corrected chi connectivity index (χ0v) is 9.54. The number of hydrogen-bond acceptors (Lipinski definition) is 2. The van der Waals surface area contributed by atoms with Crippen molar-refractivity contribution in [1.82, 2.24) is 5.32 Å². The van der Waals surface area contributed by atoms with Crippen LogP contribution in [0.3, 0.4) is 0 Å². The zero-order valence-electron chi connectivity index (χ0n) is 9.54. The topological polar surface area (TPSA) is 66.4 Å². The molecular formula is C11H19NO3. The molecular weight excluding hydrogens is 194 g/mol. The summed E-state index contributed by atoms with van der Waals surface area (Å²) in [6.45, 7) is 6.85. The highest BCUT2D eigenvalue weighted by molar-refractivity contribution is 5.89. The number of carbonyl (C=O) groups excluding carboxylic acids is 1. The quantitative estimate of drug-likeness (QED) is 0.722. The third kappa shape index (κ3) is 3.22. The minimum Gasteiger partial charge on any atom is -0.481 e. The van der Waals surface area contributed by atoms with Gasteiger partial charge in [0.1, 0.15) is 0 Å². The molecule has 0 heterocycles. The van der Waals surface area contributed by atoms with Gasteiger partial charge < -0.3 is 10.4 Å². The lowest BCUT2D eigenvalue weighted by molar-refractivity contribution is -0.140. The lowest BCUT2D eigenvalue weighted by Crippen LogP contribution is -2.35. The Bertz CT molecular complexity index is 273. The van der Waals surface area contributed by atoms with E-state index >= 15 is 0 Å². The second-order valence-corrected chi connectivity index (χ2v) is 5.02. The van der Waals surface area contributed by atoms with Crippen LogP contribution in [0.15, 0.2) is 0 Å². The predicted molar refractivity (Wildman–Crippen MR) is 56.3 cm³/mol. The van der Waals surface area contributed by atoms with Crippen molar-refractivity contribution in [1.29, 1.82) is 0 Å². The van der Waals surface area contributed by atoms with Crippen LogP contribution in [0, 0.1) is 17.3 Å². The van der Waals surface area contributed by atoms with E-state index in [1.54, 1.807) is 0 Å². The maximum absolute atomic E-state index is 11.5. The first-order valence-corrected chi connectivity index (χ1v) is 5.38. The summed E-state index contributed by atoms with van der Waals surface area (Å²) < 4.78 is 0. The number of aliphatic carboxylic acids is 1. The summed E-state index contributed by atoms with van der Waals surface area (Å²) >= 11 is 0. The van der Waals surface area contributed by atoms with E-state index in [2.05, 4.69) is 26.1 Å². The number of nitrogens with one attached hydrogen (secondary N) is 1. The van der Waals surface area contributed by atoms with Gasteiger partial charge >= 0.3 is 5.97 Å². The lowest BCUT2D eigenvalue weighted by Gasteiger charge is -2.22. The van der Waals surface area contributed by atoms with Crippen LogP contribution in [0.1, 0.15) is 33.6 Å². The standard InChI is InChI=1S/C11H19NO3/c1-4-11(2,3)6-12-9(13)7-5-8(7)10(14)15/h7-8H,4-6H2,1-3H3,(H,12,13)(H,14,15). The second kappa shape index (κ2) is 4.21. The SMILES string of the molecule is CCC(C)(C)CNC(=O)C1CC1C(=O)O. The highest BCUT2D eigenvalue weighted by Crippen LogP contribution is 2.38. The Morgan fingerprint density at radius 2 is 2.00 bits per heavy atom. The Morgan fingerprint density at radius 3 is 2.40 bits per heavy atom. The van der Waals surface area contributed by atoms with Crippen LogP contribution >= 0.6 is 0 Å². The molecule has 1 aliphatic rings. The molecule has 1 rings (SSSR count). The summed E-state index contributed by atoms with van der Waals surface area (Å²) in [5, 5.41) is 11.5. The van der Waals surface area contributed by atoms with Crippen molar-refractivity contribution in [3.05, 3.63) is 0 Å². The number of hydrogen-bond donors (Lipinski definition) is 2. The van der Waals surface area contributed by atoms with E-state index in [-0.39, 0.29) is 17.2 Å². The summed E-state index contributed by atoms with van der Waals surface area (Å²) in [6, 6.07) is 0. The first-order valence-electron chi connectivity index (χ1n) is 5.38. The molecule has 0 saturated heterocycles. The molecule has 0 aromatic rings. The summed E-state index contributed by atoms with van der Waals surface area (Å²) in [4.78, 5) is 22.1. The Hall–Kier alpha value is -1.06. The van der Waals surface area contributed by atoms with Crippen LogP contribution in [0.4, 0.5) is 0 Å². The van der Waals surface area contributed by atoms with Gasteiger partial charge in [-0.05, 0) is 18.3 Å². The van der Waals surface area contributed by atoms with Crippen molar-refractivity contribution >= 4 is 11.9 Å². The molecule has 4 heteroatoms. The van der Waals surface area contributed by atoms with Crippen molar-refractivity contribution < 1.29 is 14.7 Å². The molecule has 0 bridgehead atoms. The molecule has 86 valence electrons. The minimum atomic E-state index is -0.857. The highest BCUT2D eigenvalue weighted by atomic mass is 16.4. The molecule has 0 spiro atoms. The maximum atomic E-state index is 11.5. The minimum absolute atomic E-state index is 0.0866. The van der Waals surface area contributed by atoms with Crippen molar-refractivity contribution in [3.8, 4) is 0 Å². The van der Waals surface area contributed by atoms with Gasteiger partial charge in [0.2, 0.25) is 5.91 Å². The van der Waals surface area contributed by atoms with Crippen LogP contribution in [-0.4, -0.2) is 23.5 Å². The van der Waals surface area contributed by atoms with Crippen LogP contribution in [-0.2, 0) is 9.59 Å². The maximum Gasteiger partial charge on any atom is 0.307 e. The fraction of sp³-hybridized carbons (Fsp3) is 0.818. The fourth-order valence-electron chi connectivity index (χ4n) is 1.34. The molecule has 1 fully saturated rings. The predicted octanol–water partition coefficient (Wildman–Crippen LogP) is 1.26. The molecule has 2 N–H and O–H groups in total. The Kier molecular flexibility index (Phi) is 3.37. The molecule has 2 atom stereocenters. The molecule has 15 heavy (non-hydrogen) atoms. The van der Waals surface area contributed by atoms with Gasteiger partial charge in [-0.15, -0.1) is 0 Å². The number of amides is 1. The second-order valence-electron chi connectivity index (χ2n) is 5.02. The highest BCUT2D eigenvalue weighted by Gasteiger charge is 2.48. The van der Waals surface area contributed by atoms with E-state index < -0.39 is 11.9 Å². The molecule has 1 amide bonds. The molecule has 0 radical (unpaired) electrons. The normalized spacial score (nSPS) is 24.7. The average molecular weight is 213 g/mol. The van der Waals surface area contributed by atoms with Crippen LogP contribution in [0.25, 0.3) is 0 Å². The average Bonchev–Trinajstić information content (AvgIpc) is 2.94. The first kappa shape index (κ1) is 12.0. The van der Waals surface area contributed by atoms with E-state index in [9.17, 15) is 9.59 Å². The number of carboxylic acids is 1. The van der Waals surface area contributed by atoms with Gasteiger partial charge in [0.25, 0.3) is 0 Å². The fourth-order valence-corrected chi connectivity index (χ4v) is 1.34. The number of rotatable bonds is 5. The van der Waals surface area contributed by atoms with Crippen molar-refractivity contribution in [2.45, 2.75) is 33.6 Å².